The molecule has 0 radical (unpaired) electrons. The number of amides is 1. The third-order valence-electron chi connectivity index (χ3n) is 5.86. The molecule has 0 saturated heterocycles. The van der Waals surface area contributed by atoms with Gasteiger partial charge in [0.15, 0.2) is 0 Å². The maximum absolute atomic E-state index is 13.1. The van der Waals surface area contributed by atoms with Crippen molar-refractivity contribution in [3.8, 4) is 16.9 Å². The summed E-state index contributed by atoms with van der Waals surface area (Å²) in [5.41, 5.74) is 3.36. The SMILES string of the molecule is CCN1C(=O)CC(C)(C)c2cc(C)c(-c3cc(/C(C)=C\C(=O)O)ccc3OC(F)(F)F)cc21. The molecule has 1 aliphatic heterocycles. The molecule has 1 heterocycles. The van der Waals surface area contributed by atoms with Crippen molar-refractivity contribution in [3.63, 3.8) is 0 Å². The predicted molar refractivity (Wildman–Crippen MR) is 120 cm³/mol. The Kier molecular flexibility index (Phi) is 6.33. The molecule has 1 N–H and O–H groups in total. The van der Waals surface area contributed by atoms with E-state index in [0.29, 0.717) is 35.4 Å². The quantitative estimate of drug-likeness (QED) is 0.548. The normalized spacial score (nSPS) is 15.9. The van der Waals surface area contributed by atoms with Crippen LogP contribution in [0.3, 0.4) is 0 Å². The molecule has 0 bridgehead atoms. The summed E-state index contributed by atoms with van der Waals surface area (Å²) in [5.74, 6) is -1.61. The van der Waals surface area contributed by atoms with Crippen molar-refractivity contribution in [2.75, 3.05) is 11.4 Å². The van der Waals surface area contributed by atoms with Gasteiger partial charge < -0.3 is 14.7 Å². The molecule has 0 atom stereocenters. The number of carbonyl (C=O) groups is 2. The predicted octanol–water partition coefficient (Wildman–Crippen LogP) is 6.08. The summed E-state index contributed by atoms with van der Waals surface area (Å²) < 4.78 is 43.7. The number of fused-ring (bicyclic) bond motifs is 1. The number of halogens is 3. The first-order chi connectivity index (χ1) is 15.2. The number of allylic oxidation sites excluding steroid dienone is 1. The first kappa shape index (κ1) is 24.4. The van der Waals surface area contributed by atoms with Gasteiger partial charge in [-0.25, -0.2) is 4.79 Å². The molecule has 0 aliphatic carbocycles. The molecule has 176 valence electrons. The average molecular weight is 461 g/mol. The largest absolute Gasteiger partial charge is 0.573 e. The van der Waals surface area contributed by atoms with E-state index in [1.54, 1.807) is 24.8 Å². The molecule has 5 nitrogen and oxygen atoms in total. The second kappa shape index (κ2) is 8.57. The minimum atomic E-state index is -4.91. The van der Waals surface area contributed by atoms with Crippen LogP contribution in [-0.4, -0.2) is 29.9 Å². The van der Waals surface area contributed by atoms with Gasteiger partial charge in [-0.1, -0.05) is 26.0 Å². The van der Waals surface area contributed by atoms with E-state index in [0.717, 1.165) is 17.2 Å². The lowest BCUT2D eigenvalue weighted by Crippen LogP contribution is -2.41. The Morgan fingerprint density at radius 1 is 1.21 bits per heavy atom. The highest BCUT2D eigenvalue weighted by molar-refractivity contribution is 5.99. The second-order valence-electron chi connectivity index (χ2n) is 8.81. The van der Waals surface area contributed by atoms with Gasteiger partial charge in [0.25, 0.3) is 0 Å². The lowest BCUT2D eigenvalue weighted by atomic mass is 9.75. The van der Waals surface area contributed by atoms with Gasteiger partial charge in [-0.3, -0.25) is 4.79 Å². The first-order valence-corrected chi connectivity index (χ1v) is 10.5. The highest BCUT2D eigenvalue weighted by Crippen LogP contribution is 2.45. The second-order valence-corrected chi connectivity index (χ2v) is 8.81. The van der Waals surface area contributed by atoms with Gasteiger partial charge in [-0.05, 0) is 66.8 Å². The van der Waals surface area contributed by atoms with Crippen molar-refractivity contribution in [1.82, 2.24) is 0 Å². The third kappa shape index (κ3) is 5.05. The van der Waals surface area contributed by atoms with Crippen LogP contribution in [0.4, 0.5) is 18.9 Å². The van der Waals surface area contributed by atoms with Crippen LogP contribution in [0, 0.1) is 6.92 Å². The molecular formula is C25H26F3NO4. The number of aryl methyl sites for hydroxylation is 1. The molecule has 2 aromatic carbocycles. The summed E-state index contributed by atoms with van der Waals surface area (Å²) in [7, 11) is 0. The molecule has 8 heteroatoms. The Bertz CT molecular complexity index is 1150. The smallest absolute Gasteiger partial charge is 0.478 e. The van der Waals surface area contributed by atoms with Crippen LogP contribution >= 0.6 is 0 Å². The van der Waals surface area contributed by atoms with E-state index in [-0.39, 0.29) is 11.5 Å². The zero-order valence-electron chi connectivity index (χ0n) is 19.1. The maximum atomic E-state index is 13.1. The Morgan fingerprint density at radius 2 is 1.88 bits per heavy atom. The fraction of sp³-hybridized carbons (Fsp3) is 0.360. The van der Waals surface area contributed by atoms with Crippen molar-refractivity contribution >= 4 is 23.1 Å². The third-order valence-corrected chi connectivity index (χ3v) is 5.86. The minimum absolute atomic E-state index is 0.0504. The van der Waals surface area contributed by atoms with Crippen molar-refractivity contribution in [2.45, 2.75) is 52.8 Å². The summed E-state index contributed by atoms with van der Waals surface area (Å²) in [4.78, 5) is 25.4. The van der Waals surface area contributed by atoms with Crippen LogP contribution in [-0.2, 0) is 15.0 Å². The monoisotopic (exact) mass is 461 g/mol. The van der Waals surface area contributed by atoms with Gasteiger partial charge in [0, 0.05) is 35.7 Å². The Hall–Kier alpha value is -3.29. The Balaban J connectivity index is 2.29. The number of anilines is 1. The van der Waals surface area contributed by atoms with Crippen molar-refractivity contribution in [3.05, 3.63) is 53.1 Å². The zero-order chi connectivity index (χ0) is 24.7. The molecule has 3 rings (SSSR count). The van der Waals surface area contributed by atoms with E-state index < -0.39 is 23.5 Å². The lowest BCUT2D eigenvalue weighted by Gasteiger charge is -2.39. The molecule has 1 aliphatic rings. The molecular weight excluding hydrogens is 435 g/mol. The van der Waals surface area contributed by atoms with E-state index in [4.69, 9.17) is 5.11 Å². The Morgan fingerprint density at radius 3 is 2.45 bits per heavy atom. The highest BCUT2D eigenvalue weighted by atomic mass is 19.4. The number of carbonyl (C=O) groups excluding carboxylic acids is 1. The minimum Gasteiger partial charge on any atom is -0.478 e. The highest BCUT2D eigenvalue weighted by Gasteiger charge is 2.37. The number of aliphatic carboxylic acids is 1. The summed E-state index contributed by atoms with van der Waals surface area (Å²) in [6.07, 6.45) is -3.58. The number of alkyl halides is 3. The summed E-state index contributed by atoms with van der Waals surface area (Å²) in [6, 6.07) is 7.69. The van der Waals surface area contributed by atoms with E-state index >= 15 is 0 Å². The van der Waals surface area contributed by atoms with E-state index in [1.165, 1.54) is 18.2 Å². The number of carboxylic acids is 1. The fourth-order valence-electron chi connectivity index (χ4n) is 4.27. The van der Waals surface area contributed by atoms with E-state index in [1.807, 2.05) is 26.8 Å². The molecule has 0 unspecified atom stereocenters. The standard InChI is InChI=1S/C25H26F3NO4/c1-6-29-20-12-17(15(3)9-19(20)24(4,5)13-22(29)30)18-11-16(14(2)10-23(31)32)7-8-21(18)33-25(26,27)28/h7-12H,6,13H2,1-5H3,(H,31,32)/b14-10-. The number of benzene rings is 2. The van der Waals surface area contributed by atoms with Crippen LogP contribution in [0.1, 0.15) is 50.8 Å². The summed E-state index contributed by atoms with van der Waals surface area (Å²) in [5, 5.41) is 9.06. The molecule has 0 saturated carbocycles. The number of rotatable bonds is 5. The van der Waals surface area contributed by atoms with Crippen LogP contribution in [0.2, 0.25) is 0 Å². The molecule has 0 aromatic heterocycles. The van der Waals surface area contributed by atoms with Gasteiger partial charge >= 0.3 is 12.3 Å². The van der Waals surface area contributed by atoms with Crippen LogP contribution < -0.4 is 9.64 Å². The van der Waals surface area contributed by atoms with Gasteiger partial charge in [0.1, 0.15) is 5.75 Å². The van der Waals surface area contributed by atoms with Crippen LogP contribution in [0.5, 0.6) is 5.75 Å². The zero-order valence-corrected chi connectivity index (χ0v) is 19.1. The summed E-state index contributed by atoms with van der Waals surface area (Å²) in [6.45, 7) is 9.57. The molecule has 33 heavy (non-hydrogen) atoms. The fourth-order valence-corrected chi connectivity index (χ4v) is 4.27. The maximum Gasteiger partial charge on any atom is 0.573 e. The van der Waals surface area contributed by atoms with Gasteiger partial charge in [-0.2, -0.15) is 0 Å². The molecule has 1 amide bonds. The molecule has 0 spiro atoms. The summed E-state index contributed by atoms with van der Waals surface area (Å²) >= 11 is 0. The number of hydrogen-bond acceptors (Lipinski definition) is 3. The number of nitrogens with zero attached hydrogens (tertiary/aromatic N) is 1. The van der Waals surface area contributed by atoms with Crippen molar-refractivity contribution in [2.24, 2.45) is 0 Å². The van der Waals surface area contributed by atoms with Gasteiger partial charge in [-0.15, -0.1) is 13.2 Å². The number of carboxylic acid groups (broad SMARTS) is 1. The van der Waals surface area contributed by atoms with Crippen LogP contribution in [0.25, 0.3) is 16.7 Å². The van der Waals surface area contributed by atoms with Gasteiger partial charge in [0.05, 0.1) is 0 Å². The van der Waals surface area contributed by atoms with E-state index in [2.05, 4.69) is 4.74 Å². The van der Waals surface area contributed by atoms with Gasteiger partial charge in [0.2, 0.25) is 5.91 Å². The molecule has 0 fully saturated rings. The lowest BCUT2D eigenvalue weighted by molar-refractivity contribution is -0.274. The Labute approximate surface area is 190 Å². The molecule has 2 aromatic rings. The van der Waals surface area contributed by atoms with Crippen molar-refractivity contribution in [1.29, 1.82) is 0 Å². The number of hydrogen-bond donors (Lipinski definition) is 1. The van der Waals surface area contributed by atoms with E-state index in [9.17, 15) is 22.8 Å². The first-order valence-electron chi connectivity index (χ1n) is 10.5. The van der Waals surface area contributed by atoms with Crippen LogP contribution in [0.15, 0.2) is 36.4 Å². The van der Waals surface area contributed by atoms with Crippen molar-refractivity contribution < 1.29 is 32.6 Å². The number of ether oxygens (including phenoxy) is 1. The topological polar surface area (TPSA) is 66.8 Å². The average Bonchev–Trinajstić information content (AvgIpc) is 2.66.